The highest BCUT2D eigenvalue weighted by Gasteiger charge is 2.64. The highest BCUT2D eigenvalue weighted by Crippen LogP contribution is 2.48. The molecule has 1 atom stereocenters. The van der Waals surface area contributed by atoms with Crippen LogP contribution in [0, 0.1) is 5.92 Å². The number of urea groups is 1. The molecule has 2 amide bonds. The molecule has 19 heavy (non-hydrogen) atoms. The summed E-state index contributed by atoms with van der Waals surface area (Å²) in [5.41, 5.74) is -2.18. The summed E-state index contributed by atoms with van der Waals surface area (Å²) in [7, 11) is 0. The van der Waals surface area contributed by atoms with Crippen molar-refractivity contribution < 1.29 is 27.9 Å². The van der Waals surface area contributed by atoms with Crippen LogP contribution in [-0.2, 0) is 4.79 Å². The Hall–Kier alpha value is -1.47. The van der Waals surface area contributed by atoms with Gasteiger partial charge in [0.05, 0.1) is 0 Å². The maximum Gasteiger partial charge on any atom is 0.411 e. The molecule has 0 radical (unpaired) electrons. The first kappa shape index (κ1) is 15.6. The Bertz CT molecular complexity index is 365. The molecule has 1 rings (SSSR count). The molecular formula is C11H17F3N2O3. The van der Waals surface area contributed by atoms with Crippen molar-refractivity contribution in [2.24, 2.45) is 5.92 Å². The number of alkyl halides is 3. The predicted octanol–water partition coefficient (Wildman–Crippen LogP) is 1.88. The molecule has 8 heteroatoms. The predicted molar refractivity (Wildman–Crippen MR) is 60.6 cm³/mol. The highest BCUT2D eigenvalue weighted by molar-refractivity contribution is 5.83. The van der Waals surface area contributed by atoms with Crippen molar-refractivity contribution in [1.29, 1.82) is 0 Å². The largest absolute Gasteiger partial charge is 0.480 e. The number of halogens is 3. The quantitative estimate of drug-likeness (QED) is 0.720. The van der Waals surface area contributed by atoms with E-state index in [2.05, 4.69) is 5.32 Å². The summed E-state index contributed by atoms with van der Waals surface area (Å²) in [6.07, 6.45) is -4.71. The van der Waals surface area contributed by atoms with Gasteiger partial charge >= 0.3 is 18.2 Å². The first-order valence-corrected chi connectivity index (χ1v) is 5.95. The molecule has 0 unspecified atom stereocenters. The highest BCUT2D eigenvalue weighted by atomic mass is 19.4. The van der Waals surface area contributed by atoms with Gasteiger partial charge in [-0.25, -0.2) is 9.59 Å². The topological polar surface area (TPSA) is 78.4 Å². The molecule has 0 bridgehead atoms. The summed E-state index contributed by atoms with van der Waals surface area (Å²) in [5.74, 6) is -1.26. The van der Waals surface area contributed by atoms with Crippen molar-refractivity contribution in [2.45, 2.75) is 50.9 Å². The SMILES string of the molecule is CC(C)C[C@H](NC(=O)NC1(C(F)(F)F)CC1)C(=O)O. The molecule has 1 saturated carbocycles. The summed E-state index contributed by atoms with van der Waals surface area (Å²) in [5, 5.41) is 12.8. The van der Waals surface area contributed by atoms with Gasteiger partial charge in [-0.2, -0.15) is 13.2 Å². The smallest absolute Gasteiger partial charge is 0.411 e. The maximum absolute atomic E-state index is 12.6. The van der Waals surface area contributed by atoms with Gasteiger partial charge in [-0.05, 0) is 25.2 Å². The Labute approximate surface area is 108 Å². The zero-order chi connectivity index (χ0) is 14.8. The van der Waals surface area contributed by atoms with Crippen molar-refractivity contribution >= 4 is 12.0 Å². The molecule has 1 aliphatic rings. The van der Waals surface area contributed by atoms with E-state index in [9.17, 15) is 22.8 Å². The van der Waals surface area contributed by atoms with Crippen LogP contribution < -0.4 is 10.6 Å². The Morgan fingerprint density at radius 1 is 1.32 bits per heavy atom. The summed E-state index contributed by atoms with van der Waals surface area (Å²) >= 11 is 0. The van der Waals surface area contributed by atoms with E-state index in [0.717, 1.165) is 0 Å². The molecule has 1 fully saturated rings. The normalized spacial score (nSPS) is 18.8. The van der Waals surface area contributed by atoms with Crippen molar-refractivity contribution in [3.8, 4) is 0 Å². The van der Waals surface area contributed by atoms with E-state index in [1.54, 1.807) is 13.8 Å². The van der Waals surface area contributed by atoms with E-state index in [1.807, 2.05) is 5.32 Å². The second-order valence-corrected chi connectivity index (χ2v) is 5.20. The van der Waals surface area contributed by atoms with E-state index in [1.165, 1.54) is 0 Å². The lowest BCUT2D eigenvalue weighted by Gasteiger charge is -2.23. The van der Waals surface area contributed by atoms with E-state index >= 15 is 0 Å². The lowest BCUT2D eigenvalue weighted by Crippen LogP contribution is -2.54. The van der Waals surface area contributed by atoms with Gasteiger partial charge in [0.2, 0.25) is 0 Å². The average Bonchev–Trinajstić information content (AvgIpc) is 2.95. The molecule has 0 heterocycles. The monoisotopic (exact) mass is 282 g/mol. The molecule has 0 spiro atoms. The Morgan fingerprint density at radius 3 is 2.16 bits per heavy atom. The number of nitrogens with one attached hydrogen (secondary N) is 2. The van der Waals surface area contributed by atoms with Gasteiger partial charge in [-0.3, -0.25) is 0 Å². The van der Waals surface area contributed by atoms with Gasteiger partial charge in [0, 0.05) is 0 Å². The summed E-state index contributed by atoms with van der Waals surface area (Å²) in [6.45, 7) is 3.52. The maximum atomic E-state index is 12.6. The van der Waals surface area contributed by atoms with Crippen molar-refractivity contribution in [3.05, 3.63) is 0 Å². The van der Waals surface area contributed by atoms with Crippen LogP contribution in [0.15, 0.2) is 0 Å². The number of hydrogen-bond donors (Lipinski definition) is 3. The standard InChI is InChI=1S/C11H17F3N2O3/c1-6(2)5-7(8(17)18)15-9(19)16-10(3-4-10)11(12,13)14/h6-7H,3-5H2,1-2H3,(H,17,18)(H2,15,16,19)/t7-/m0/s1. The number of aliphatic carboxylic acids is 1. The first-order valence-electron chi connectivity index (χ1n) is 5.95. The third-order valence-electron chi connectivity index (χ3n) is 2.96. The Balaban J connectivity index is 2.57. The molecule has 0 aromatic rings. The molecule has 1 aliphatic carbocycles. The van der Waals surface area contributed by atoms with Gasteiger partial charge in [0.25, 0.3) is 0 Å². The van der Waals surface area contributed by atoms with Gasteiger partial charge in [-0.15, -0.1) is 0 Å². The van der Waals surface area contributed by atoms with E-state index < -0.39 is 29.8 Å². The molecule has 0 aliphatic heterocycles. The number of carboxylic acid groups (broad SMARTS) is 1. The Kier molecular flexibility index (Phi) is 4.32. The number of hydrogen-bond acceptors (Lipinski definition) is 2. The minimum atomic E-state index is -4.51. The van der Waals surface area contributed by atoms with Crippen LogP contribution in [0.5, 0.6) is 0 Å². The van der Waals surface area contributed by atoms with E-state index in [-0.39, 0.29) is 25.2 Å². The van der Waals surface area contributed by atoms with Crippen LogP contribution in [0.1, 0.15) is 33.1 Å². The van der Waals surface area contributed by atoms with Crippen LogP contribution in [0.2, 0.25) is 0 Å². The lowest BCUT2D eigenvalue weighted by molar-refractivity contribution is -0.162. The van der Waals surface area contributed by atoms with E-state index in [4.69, 9.17) is 5.11 Å². The fourth-order valence-electron chi connectivity index (χ4n) is 1.71. The molecule has 0 aromatic heterocycles. The lowest BCUT2D eigenvalue weighted by atomic mass is 10.0. The number of amides is 2. The number of carbonyl (C=O) groups is 2. The molecular weight excluding hydrogens is 265 g/mol. The van der Waals surface area contributed by atoms with E-state index in [0.29, 0.717) is 0 Å². The second-order valence-electron chi connectivity index (χ2n) is 5.20. The zero-order valence-corrected chi connectivity index (χ0v) is 10.7. The van der Waals surface area contributed by atoms with Gasteiger partial charge < -0.3 is 15.7 Å². The summed E-state index contributed by atoms with van der Waals surface area (Å²) in [6, 6.07) is -2.29. The minimum Gasteiger partial charge on any atom is -0.480 e. The summed E-state index contributed by atoms with van der Waals surface area (Å²) < 4.78 is 37.8. The third-order valence-corrected chi connectivity index (χ3v) is 2.96. The van der Waals surface area contributed by atoms with Crippen LogP contribution in [0.4, 0.5) is 18.0 Å². The third kappa shape index (κ3) is 4.00. The summed E-state index contributed by atoms with van der Waals surface area (Å²) in [4.78, 5) is 22.3. The van der Waals surface area contributed by atoms with Crippen LogP contribution in [0.25, 0.3) is 0 Å². The molecule has 0 aromatic carbocycles. The van der Waals surface area contributed by atoms with Crippen molar-refractivity contribution in [1.82, 2.24) is 10.6 Å². The number of carbonyl (C=O) groups excluding carboxylic acids is 1. The van der Waals surface area contributed by atoms with Crippen molar-refractivity contribution in [2.75, 3.05) is 0 Å². The van der Waals surface area contributed by atoms with Crippen LogP contribution in [0.3, 0.4) is 0 Å². The van der Waals surface area contributed by atoms with Gasteiger partial charge in [0.1, 0.15) is 11.6 Å². The van der Waals surface area contributed by atoms with Gasteiger partial charge in [-0.1, -0.05) is 13.8 Å². The average molecular weight is 282 g/mol. The molecule has 0 saturated heterocycles. The number of rotatable bonds is 5. The van der Waals surface area contributed by atoms with Crippen LogP contribution in [-0.4, -0.2) is 34.9 Å². The second kappa shape index (κ2) is 5.26. The number of carboxylic acids is 1. The van der Waals surface area contributed by atoms with Crippen molar-refractivity contribution in [3.63, 3.8) is 0 Å². The zero-order valence-electron chi connectivity index (χ0n) is 10.7. The molecule has 110 valence electrons. The Morgan fingerprint density at radius 2 is 1.84 bits per heavy atom. The van der Waals surface area contributed by atoms with Gasteiger partial charge in [0.15, 0.2) is 0 Å². The fraction of sp³-hybridized carbons (Fsp3) is 0.818. The first-order chi connectivity index (χ1) is 8.57. The minimum absolute atomic E-state index is 0.00102. The molecule has 5 nitrogen and oxygen atoms in total. The molecule has 3 N–H and O–H groups in total. The van der Waals surface area contributed by atoms with Crippen LogP contribution >= 0.6 is 0 Å². The fourth-order valence-corrected chi connectivity index (χ4v) is 1.71.